The molecule has 0 spiro atoms. The average molecular weight is 452 g/mol. The van der Waals surface area contributed by atoms with Gasteiger partial charge in [-0.05, 0) is 31.6 Å². The van der Waals surface area contributed by atoms with Crippen molar-refractivity contribution >= 4 is 33.3 Å². The lowest BCUT2D eigenvalue weighted by Crippen LogP contribution is -2.53. The minimum atomic E-state index is -3.91. The average Bonchev–Trinajstić information content (AvgIpc) is 3.06. The van der Waals surface area contributed by atoms with Crippen LogP contribution in [0.4, 0.5) is 0 Å². The molecule has 0 atom stereocenters. The van der Waals surface area contributed by atoms with Gasteiger partial charge in [0.1, 0.15) is 22.0 Å². The van der Waals surface area contributed by atoms with Crippen LogP contribution in [-0.2, 0) is 21.3 Å². The van der Waals surface area contributed by atoms with E-state index in [1.165, 1.54) is 18.3 Å². The molecule has 3 rings (SSSR count). The van der Waals surface area contributed by atoms with Crippen LogP contribution in [0.5, 0.6) is 0 Å². The molecule has 0 bridgehead atoms. The van der Waals surface area contributed by atoms with Crippen LogP contribution in [0.2, 0.25) is 0 Å². The number of nitrogens with zero attached hydrogens (tertiary/aromatic N) is 2. The number of piperazine rings is 1. The topological polar surface area (TPSA) is 92.1 Å². The molecule has 0 amide bonds. The van der Waals surface area contributed by atoms with Crippen molar-refractivity contribution in [3.63, 3.8) is 0 Å². The van der Waals surface area contributed by atoms with Gasteiger partial charge >= 0.3 is 5.97 Å². The summed E-state index contributed by atoms with van der Waals surface area (Å²) in [5.74, 6) is -0.328. The highest BCUT2D eigenvalue weighted by Gasteiger charge is 2.37. The summed E-state index contributed by atoms with van der Waals surface area (Å²) in [6, 6.07) is 9.90. The van der Waals surface area contributed by atoms with Crippen molar-refractivity contribution in [1.29, 1.82) is 0 Å². The van der Waals surface area contributed by atoms with Gasteiger partial charge in [-0.15, -0.1) is 0 Å². The minimum Gasteiger partial charge on any atom is -0.465 e. The SMILES string of the molecule is COC(=O)c1c(C)oc(C)c1S(=O)(=O)N1CCN(C(=S)NCc2ccccc2)CC1. The Balaban J connectivity index is 1.67. The van der Waals surface area contributed by atoms with Gasteiger partial charge in [0.05, 0.1) is 7.11 Å². The molecule has 8 nitrogen and oxygen atoms in total. The van der Waals surface area contributed by atoms with E-state index in [1.807, 2.05) is 35.2 Å². The monoisotopic (exact) mass is 451 g/mol. The summed E-state index contributed by atoms with van der Waals surface area (Å²) in [7, 11) is -2.70. The minimum absolute atomic E-state index is 0.0440. The molecule has 1 aromatic carbocycles. The molecule has 0 radical (unpaired) electrons. The Morgan fingerprint density at radius 3 is 2.37 bits per heavy atom. The zero-order valence-corrected chi connectivity index (χ0v) is 18.8. The molecule has 1 saturated heterocycles. The highest BCUT2D eigenvalue weighted by Crippen LogP contribution is 2.30. The highest BCUT2D eigenvalue weighted by molar-refractivity contribution is 7.89. The van der Waals surface area contributed by atoms with Gasteiger partial charge in [0, 0.05) is 32.7 Å². The van der Waals surface area contributed by atoms with E-state index in [0.29, 0.717) is 24.7 Å². The zero-order valence-electron chi connectivity index (χ0n) is 17.2. The van der Waals surface area contributed by atoms with Gasteiger partial charge < -0.3 is 19.4 Å². The Morgan fingerprint density at radius 2 is 1.77 bits per heavy atom. The van der Waals surface area contributed by atoms with Gasteiger partial charge in [-0.1, -0.05) is 30.3 Å². The largest absolute Gasteiger partial charge is 0.465 e. The van der Waals surface area contributed by atoms with Gasteiger partial charge in [-0.2, -0.15) is 4.31 Å². The molecule has 1 fully saturated rings. The van der Waals surface area contributed by atoms with Crippen molar-refractivity contribution in [3.8, 4) is 0 Å². The van der Waals surface area contributed by atoms with Crippen molar-refractivity contribution in [3.05, 3.63) is 53.0 Å². The van der Waals surface area contributed by atoms with Crippen LogP contribution < -0.4 is 5.32 Å². The number of rotatable bonds is 5. The van der Waals surface area contributed by atoms with Gasteiger partial charge in [0.15, 0.2) is 5.11 Å². The third-order valence-corrected chi connectivity index (χ3v) is 7.46. The molecule has 10 heteroatoms. The van der Waals surface area contributed by atoms with E-state index in [0.717, 1.165) is 5.56 Å². The molecule has 2 aromatic rings. The van der Waals surface area contributed by atoms with E-state index in [-0.39, 0.29) is 35.1 Å². The fourth-order valence-corrected chi connectivity index (χ4v) is 5.50. The number of hydrogen-bond donors (Lipinski definition) is 1. The van der Waals surface area contributed by atoms with Crippen LogP contribution in [0.3, 0.4) is 0 Å². The number of carbonyl (C=O) groups is 1. The Labute approximate surface area is 181 Å². The van der Waals surface area contributed by atoms with E-state index >= 15 is 0 Å². The van der Waals surface area contributed by atoms with Crippen molar-refractivity contribution in [2.75, 3.05) is 33.3 Å². The number of nitrogens with one attached hydrogen (secondary N) is 1. The lowest BCUT2D eigenvalue weighted by Gasteiger charge is -2.35. The van der Waals surface area contributed by atoms with Crippen molar-refractivity contribution in [1.82, 2.24) is 14.5 Å². The Morgan fingerprint density at radius 1 is 1.13 bits per heavy atom. The molecule has 2 heterocycles. The number of aryl methyl sites for hydroxylation is 2. The summed E-state index contributed by atoms with van der Waals surface area (Å²) in [5, 5.41) is 3.80. The standard InChI is InChI=1S/C20H25N3O5S2/c1-14-17(19(24)27-3)18(15(2)28-14)30(25,26)23-11-9-22(10-12-23)20(29)21-13-16-7-5-4-6-8-16/h4-8H,9-13H2,1-3H3,(H,21,29). The van der Waals surface area contributed by atoms with Crippen molar-refractivity contribution in [2.45, 2.75) is 25.3 Å². The third kappa shape index (κ3) is 4.50. The van der Waals surface area contributed by atoms with Crippen molar-refractivity contribution < 1.29 is 22.4 Å². The van der Waals surface area contributed by atoms with Crippen LogP contribution in [0.15, 0.2) is 39.6 Å². The number of hydrogen-bond acceptors (Lipinski definition) is 6. The molecule has 1 aromatic heterocycles. The number of carbonyl (C=O) groups excluding carboxylic acids is 1. The van der Waals surface area contributed by atoms with Crippen LogP contribution in [0, 0.1) is 13.8 Å². The number of furan rings is 1. The van der Waals surface area contributed by atoms with Gasteiger partial charge in [-0.3, -0.25) is 0 Å². The summed E-state index contributed by atoms with van der Waals surface area (Å²) in [4.78, 5) is 14.0. The molecule has 0 aliphatic carbocycles. The van der Waals surface area contributed by atoms with Gasteiger partial charge in [0.25, 0.3) is 0 Å². The van der Waals surface area contributed by atoms with Crippen LogP contribution >= 0.6 is 12.2 Å². The first kappa shape index (κ1) is 22.3. The van der Waals surface area contributed by atoms with Crippen LogP contribution in [0.1, 0.15) is 27.4 Å². The zero-order chi connectivity index (χ0) is 21.9. The molecule has 0 saturated carbocycles. The lowest BCUT2D eigenvalue weighted by atomic mass is 10.2. The van der Waals surface area contributed by atoms with Gasteiger partial charge in [-0.25, -0.2) is 13.2 Å². The summed E-state index contributed by atoms with van der Waals surface area (Å²) < 4.78 is 38.0. The van der Waals surface area contributed by atoms with E-state index in [9.17, 15) is 13.2 Å². The van der Waals surface area contributed by atoms with Crippen molar-refractivity contribution in [2.24, 2.45) is 0 Å². The molecular weight excluding hydrogens is 426 g/mol. The maximum Gasteiger partial charge on any atom is 0.342 e. The van der Waals surface area contributed by atoms with Crippen LogP contribution in [0.25, 0.3) is 0 Å². The number of benzene rings is 1. The Hall–Kier alpha value is -2.43. The first-order valence-electron chi connectivity index (χ1n) is 9.51. The number of ether oxygens (including phenoxy) is 1. The number of esters is 1. The molecule has 1 aliphatic rings. The second-order valence-electron chi connectivity index (χ2n) is 6.95. The van der Waals surface area contributed by atoms with E-state index < -0.39 is 16.0 Å². The molecule has 1 aliphatic heterocycles. The Bertz CT molecular complexity index is 1030. The number of methoxy groups -OCH3 is 1. The smallest absolute Gasteiger partial charge is 0.342 e. The fourth-order valence-electron chi connectivity index (χ4n) is 3.46. The molecule has 162 valence electrons. The first-order valence-corrected chi connectivity index (χ1v) is 11.4. The summed E-state index contributed by atoms with van der Waals surface area (Å²) in [5.41, 5.74) is 1.07. The molecular formula is C20H25N3O5S2. The highest BCUT2D eigenvalue weighted by atomic mass is 32.2. The predicted molar refractivity (Wildman–Crippen MR) is 116 cm³/mol. The normalized spacial score (nSPS) is 15.1. The summed E-state index contributed by atoms with van der Waals surface area (Å²) in [6.45, 7) is 5.08. The molecule has 1 N–H and O–H groups in total. The quantitative estimate of drug-likeness (QED) is 0.546. The third-order valence-electron chi connectivity index (χ3n) is 5.00. The maximum absolute atomic E-state index is 13.2. The van der Waals surface area contributed by atoms with E-state index in [1.54, 1.807) is 6.92 Å². The van der Waals surface area contributed by atoms with Gasteiger partial charge in [0.2, 0.25) is 10.0 Å². The first-order chi connectivity index (χ1) is 14.3. The van der Waals surface area contributed by atoms with E-state index in [2.05, 4.69) is 5.32 Å². The predicted octanol–water partition coefficient (Wildman–Crippen LogP) is 2.06. The number of sulfonamides is 1. The lowest BCUT2D eigenvalue weighted by molar-refractivity contribution is 0.0594. The summed E-state index contributed by atoms with van der Waals surface area (Å²) >= 11 is 5.46. The second kappa shape index (κ2) is 9.15. The Kier molecular flexibility index (Phi) is 6.79. The molecule has 0 unspecified atom stereocenters. The maximum atomic E-state index is 13.2. The van der Waals surface area contributed by atoms with E-state index in [4.69, 9.17) is 21.4 Å². The second-order valence-corrected chi connectivity index (χ2v) is 9.21. The fraction of sp³-hybridized carbons (Fsp3) is 0.400. The molecule has 30 heavy (non-hydrogen) atoms. The van der Waals surface area contributed by atoms with Crippen LogP contribution in [-0.4, -0.2) is 62.0 Å². The summed E-state index contributed by atoms with van der Waals surface area (Å²) in [6.07, 6.45) is 0. The number of thiocarbonyl (C=S) groups is 1.